The molecule has 2 N–H and O–H groups in total. The molecule has 0 spiro atoms. The average Bonchev–Trinajstić information content (AvgIpc) is 2.69. The van der Waals surface area contributed by atoms with Crippen LogP contribution in [-0.4, -0.2) is 60.1 Å². The van der Waals surface area contributed by atoms with E-state index in [1.165, 1.54) is 14.0 Å². The van der Waals surface area contributed by atoms with Gasteiger partial charge in [0, 0.05) is 57.3 Å². The number of urea groups is 1. The van der Waals surface area contributed by atoms with Crippen molar-refractivity contribution in [1.29, 1.82) is 0 Å². The van der Waals surface area contributed by atoms with Crippen molar-refractivity contribution in [2.45, 2.75) is 13.8 Å². The first-order valence-corrected chi connectivity index (χ1v) is 9.02. The van der Waals surface area contributed by atoms with Crippen LogP contribution < -0.4 is 20.3 Å². The topological polar surface area (TPSA) is 99.7 Å². The van der Waals surface area contributed by atoms with Gasteiger partial charge in [0.05, 0.1) is 18.5 Å². The summed E-state index contributed by atoms with van der Waals surface area (Å²) in [6.07, 6.45) is 3.35. The molecule has 1 fully saturated rings. The molecule has 9 nitrogen and oxygen atoms in total. The predicted octanol–water partition coefficient (Wildman–Crippen LogP) is 2.11. The fraction of sp³-hybridized carbons (Fsp3) is 0.368. The highest BCUT2D eigenvalue weighted by Gasteiger charge is 2.23. The van der Waals surface area contributed by atoms with Crippen molar-refractivity contribution in [3.05, 3.63) is 36.3 Å². The Bertz CT molecular complexity index is 864. The second-order valence-corrected chi connectivity index (χ2v) is 6.47. The third kappa shape index (κ3) is 4.48. The van der Waals surface area contributed by atoms with Crippen LogP contribution in [0.3, 0.4) is 0 Å². The lowest BCUT2D eigenvalue weighted by Crippen LogP contribution is -2.50. The van der Waals surface area contributed by atoms with Crippen molar-refractivity contribution in [2.75, 3.05) is 48.8 Å². The predicted molar refractivity (Wildman–Crippen MR) is 107 cm³/mol. The van der Waals surface area contributed by atoms with E-state index >= 15 is 0 Å². The van der Waals surface area contributed by atoms with E-state index in [4.69, 9.17) is 4.74 Å². The lowest BCUT2D eigenvalue weighted by molar-refractivity contribution is -0.114. The normalized spacial score (nSPS) is 13.8. The van der Waals surface area contributed by atoms with Crippen LogP contribution in [0.4, 0.5) is 22.0 Å². The zero-order valence-corrected chi connectivity index (χ0v) is 16.2. The number of ether oxygens (including phenoxy) is 1. The molecule has 1 aliphatic rings. The Hall–Kier alpha value is -3.36. The summed E-state index contributed by atoms with van der Waals surface area (Å²) in [6, 6.07) is 4.93. The molecule has 0 atom stereocenters. The molecule has 1 aliphatic heterocycles. The van der Waals surface area contributed by atoms with E-state index in [9.17, 15) is 9.59 Å². The van der Waals surface area contributed by atoms with Crippen molar-refractivity contribution in [2.24, 2.45) is 0 Å². The highest BCUT2D eigenvalue weighted by Crippen LogP contribution is 2.28. The number of anilines is 3. The summed E-state index contributed by atoms with van der Waals surface area (Å²) in [7, 11) is 1.51. The minimum absolute atomic E-state index is 0.176. The Morgan fingerprint density at radius 3 is 2.43 bits per heavy atom. The summed E-state index contributed by atoms with van der Waals surface area (Å²) in [6.45, 7) is 5.91. The molecule has 0 bridgehead atoms. The molecule has 1 aromatic carbocycles. The minimum atomic E-state index is -0.189. The number of aromatic nitrogens is 2. The smallest absolute Gasteiger partial charge is 0.321 e. The molecule has 0 radical (unpaired) electrons. The molecule has 2 aromatic rings. The zero-order valence-electron chi connectivity index (χ0n) is 16.2. The van der Waals surface area contributed by atoms with E-state index in [0.29, 0.717) is 43.3 Å². The fourth-order valence-corrected chi connectivity index (χ4v) is 3.10. The van der Waals surface area contributed by atoms with Crippen LogP contribution in [0.25, 0.3) is 0 Å². The number of carbonyl (C=O) groups is 2. The quantitative estimate of drug-likeness (QED) is 0.838. The maximum Gasteiger partial charge on any atom is 0.321 e. The van der Waals surface area contributed by atoms with Crippen LogP contribution >= 0.6 is 0 Å². The van der Waals surface area contributed by atoms with E-state index in [2.05, 4.69) is 25.5 Å². The summed E-state index contributed by atoms with van der Waals surface area (Å²) < 4.78 is 5.29. The number of hydrogen-bond acceptors (Lipinski definition) is 6. The molecule has 9 heteroatoms. The summed E-state index contributed by atoms with van der Waals surface area (Å²) in [4.78, 5) is 36.4. The third-order valence-electron chi connectivity index (χ3n) is 4.49. The molecule has 2 heterocycles. The molecule has 1 saturated heterocycles. The monoisotopic (exact) mass is 384 g/mol. The lowest BCUT2D eigenvalue weighted by Gasteiger charge is -2.35. The fourth-order valence-electron chi connectivity index (χ4n) is 3.10. The van der Waals surface area contributed by atoms with Gasteiger partial charge < -0.3 is 25.2 Å². The van der Waals surface area contributed by atoms with Crippen LogP contribution in [0, 0.1) is 6.92 Å². The molecule has 0 saturated carbocycles. The van der Waals surface area contributed by atoms with Crippen molar-refractivity contribution in [3.8, 4) is 5.75 Å². The standard InChI is InChI=1S/C19H24N6O3/c1-13-18(21-7-6-20-13)24-8-10-25(11-9-24)19(27)23-15-4-5-16(22-14(2)26)17(12-15)28-3/h4-7,12H,8-11H2,1-3H3,(H,22,26)(H,23,27). The van der Waals surface area contributed by atoms with Gasteiger partial charge in [0.2, 0.25) is 5.91 Å². The summed E-state index contributed by atoms with van der Waals surface area (Å²) in [5, 5.41) is 5.57. The Balaban J connectivity index is 1.60. The van der Waals surface area contributed by atoms with Gasteiger partial charge in [-0.1, -0.05) is 0 Å². The van der Waals surface area contributed by atoms with E-state index in [-0.39, 0.29) is 11.9 Å². The van der Waals surface area contributed by atoms with Crippen molar-refractivity contribution in [1.82, 2.24) is 14.9 Å². The first kappa shape index (κ1) is 19.4. The van der Waals surface area contributed by atoms with Crippen LogP contribution in [0.2, 0.25) is 0 Å². The van der Waals surface area contributed by atoms with E-state index in [1.54, 1.807) is 35.5 Å². The first-order chi connectivity index (χ1) is 13.5. The Morgan fingerprint density at radius 2 is 1.79 bits per heavy atom. The van der Waals surface area contributed by atoms with Crippen molar-refractivity contribution >= 4 is 29.1 Å². The number of piperazine rings is 1. The first-order valence-electron chi connectivity index (χ1n) is 9.02. The van der Waals surface area contributed by atoms with Crippen LogP contribution in [0.1, 0.15) is 12.6 Å². The van der Waals surface area contributed by atoms with E-state index in [0.717, 1.165) is 11.5 Å². The van der Waals surface area contributed by atoms with Gasteiger partial charge in [0.1, 0.15) is 11.6 Å². The van der Waals surface area contributed by atoms with Gasteiger partial charge in [-0.2, -0.15) is 0 Å². The molecule has 148 valence electrons. The Kier molecular flexibility index (Phi) is 5.93. The van der Waals surface area contributed by atoms with E-state index < -0.39 is 0 Å². The zero-order chi connectivity index (χ0) is 20.1. The second kappa shape index (κ2) is 8.55. The Labute approximate surface area is 163 Å². The molecule has 3 amide bonds. The van der Waals surface area contributed by atoms with Crippen LogP contribution in [0.5, 0.6) is 5.75 Å². The molecule has 0 unspecified atom stereocenters. The SMILES string of the molecule is COc1cc(NC(=O)N2CCN(c3nccnc3C)CC2)ccc1NC(C)=O. The molecule has 0 aliphatic carbocycles. The Morgan fingerprint density at radius 1 is 1.07 bits per heavy atom. The number of amides is 3. The third-order valence-corrected chi connectivity index (χ3v) is 4.49. The maximum atomic E-state index is 12.6. The van der Waals surface area contributed by atoms with Crippen LogP contribution in [-0.2, 0) is 4.79 Å². The van der Waals surface area contributed by atoms with Gasteiger partial charge in [0.25, 0.3) is 0 Å². The molecule has 28 heavy (non-hydrogen) atoms. The van der Waals surface area contributed by atoms with Crippen LogP contribution in [0.15, 0.2) is 30.6 Å². The summed E-state index contributed by atoms with van der Waals surface area (Å²) >= 11 is 0. The van der Waals surface area contributed by atoms with Gasteiger partial charge in [-0.05, 0) is 19.1 Å². The number of rotatable bonds is 4. The lowest BCUT2D eigenvalue weighted by atomic mass is 10.2. The second-order valence-electron chi connectivity index (χ2n) is 6.47. The number of nitrogens with one attached hydrogen (secondary N) is 2. The molecule has 1 aromatic heterocycles. The molecular weight excluding hydrogens is 360 g/mol. The number of methoxy groups -OCH3 is 1. The van der Waals surface area contributed by atoms with Gasteiger partial charge in [0.15, 0.2) is 0 Å². The van der Waals surface area contributed by atoms with Gasteiger partial charge in [-0.15, -0.1) is 0 Å². The maximum absolute atomic E-state index is 12.6. The van der Waals surface area contributed by atoms with Gasteiger partial charge >= 0.3 is 6.03 Å². The van der Waals surface area contributed by atoms with Gasteiger partial charge in [-0.3, -0.25) is 9.78 Å². The minimum Gasteiger partial charge on any atom is -0.494 e. The molecule has 3 rings (SSSR count). The highest BCUT2D eigenvalue weighted by molar-refractivity contribution is 5.93. The number of nitrogens with zero attached hydrogens (tertiary/aromatic N) is 4. The number of benzene rings is 1. The largest absolute Gasteiger partial charge is 0.494 e. The van der Waals surface area contributed by atoms with Crippen molar-refractivity contribution in [3.63, 3.8) is 0 Å². The number of carbonyl (C=O) groups excluding carboxylic acids is 2. The average molecular weight is 384 g/mol. The van der Waals surface area contributed by atoms with Crippen molar-refractivity contribution < 1.29 is 14.3 Å². The summed E-state index contributed by atoms with van der Waals surface area (Å²) in [5.74, 6) is 1.16. The number of aryl methyl sites for hydroxylation is 1. The van der Waals surface area contributed by atoms with Gasteiger partial charge in [-0.25, -0.2) is 9.78 Å². The highest BCUT2D eigenvalue weighted by atomic mass is 16.5. The van der Waals surface area contributed by atoms with E-state index in [1.807, 2.05) is 6.92 Å². The number of hydrogen-bond donors (Lipinski definition) is 2. The molecular formula is C19H24N6O3. The summed E-state index contributed by atoms with van der Waals surface area (Å²) in [5.41, 5.74) is 2.04.